The van der Waals surface area contributed by atoms with Crippen LogP contribution in [0, 0.1) is 12.8 Å². The van der Waals surface area contributed by atoms with Crippen LogP contribution < -0.4 is 11.0 Å². The zero-order valence-electron chi connectivity index (χ0n) is 10.6. The van der Waals surface area contributed by atoms with Crippen LogP contribution in [0.5, 0.6) is 0 Å². The molecule has 0 spiro atoms. The molecule has 1 unspecified atom stereocenters. The molecule has 1 atom stereocenters. The average Bonchev–Trinajstić information content (AvgIpc) is 3.13. The molecule has 4 heteroatoms. The fraction of sp³-hybridized carbons (Fsp3) is 0.692. The minimum atomic E-state index is -0.139. The number of nitrogens with zero attached hydrogens (tertiary/aromatic N) is 2. The Morgan fingerprint density at radius 1 is 1.59 bits per heavy atom. The highest BCUT2D eigenvalue weighted by molar-refractivity contribution is 5.00. The SMILES string of the molecule is CCCNC(Cn1cc(C)cnc1=O)C1CC1. The van der Waals surface area contributed by atoms with E-state index < -0.39 is 0 Å². The maximum Gasteiger partial charge on any atom is 0.347 e. The van der Waals surface area contributed by atoms with E-state index in [1.807, 2.05) is 13.1 Å². The number of aryl methyl sites for hydroxylation is 1. The van der Waals surface area contributed by atoms with Crippen LogP contribution in [0.15, 0.2) is 17.2 Å². The van der Waals surface area contributed by atoms with E-state index in [0.717, 1.165) is 31.0 Å². The molecule has 1 aliphatic rings. The Morgan fingerprint density at radius 2 is 2.35 bits per heavy atom. The van der Waals surface area contributed by atoms with Crippen LogP contribution >= 0.6 is 0 Å². The second kappa shape index (κ2) is 5.45. The zero-order valence-corrected chi connectivity index (χ0v) is 10.6. The van der Waals surface area contributed by atoms with Crippen LogP contribution in [0.4, 0.5) is 0 Å². The molecular weight excluding hydrogens is 214 g/mol. The molecule has 0 amide bonds. The van der Waals surface area contributed by atoms with Gasteiger partial charge in [0.2, 0.25) is 0 Å². The highest BCUT2D eigenvalue weighted by atomic mass is 16.1. The van der Waals surface area contributed by atoms with Crippen molar-refractivity contribution in [1.29, 1.82) is 0 Å². The minimum absolute atomic E-state index is 0.139. The summed E-state index contributed by atoms with van der Waals surface area (Å²) in [6.45, 7) is 5.90. The number of hydrogen-bond donors (Lipinski definition) is 1. The largest absolute Gasteiger partial charge is 0.347 e. The van der Waals surface area contributed by atoms with Crippen LogP contribution in [0.1, 0.15) is 31.7 Å². The molecule has 0 saturated heterocycles. The van der Waals surface area contributed by atoms with Gasteiger partial charge < -0.3 is 5.32 Å². The lowest BCUT2D eigenvalue weighted by Gasteiger charge is -2.19. The molecule has 4 nitrogen and oxygen atoms in total. The molecule has 1 aromatic rings. The first-order chi connectivity index (χ1) is 8.20. The van der Waals surface area contributed by atoms with E-state index in [9.17, 15) is 4.79 Å². The van der Waals surface area contributed by atoms with Gasteiger partial charge in [0.25, 0.3) is 0 Å². The summed E-state index contributed by atoms with van der Waals surface area (Å²) in [5, 5.41) is 3.54. The van der Waals surface area contributed by atoms with Crippen LogP contribution in [0.2, 0.25) is 0 Å². The van der Waals surface area contributed by atoms with Crippen LogP contribution in [0.25, 0.3) is 0 Å². The van der Waals surface area contributed by atoms with E-state index >= 15 is 0 Å². The van der Waals surface area contributed by atoms with E-state index in [-0.39, 0.29) is 5.69 Å². The Hall–Kier alpha value is -1.16. The van der Waals surface area contributed by atoms with Crippen LogP contribution in [-0.2, 0) is 6.54 Å². The first-order valence-corrected chi connectivity index (χ1v) is 6.47. The minimum Gasteiger partial charge on any atom is -0.312 e. The van der Waals surface area contributed by atoms with Gasteiger partial charge in [-0.15, -0.1) is 0 Å². The van der Waals surface area contributed by atoms with Gasteiger partial charge in [0, 0.05) is 25.0 Å². The predicted octanol–water partition coefficient (Wildman–Crippen LogP) is 1.33. The number of rotatable bonds is 6. The lowest BCUT2D eigenvalue weighted by molar-refractivity contribution is 0.399. The molecule has 0 radical (unpaired) electrons. The summed E-state index contributed by atoms with van der Waals surface area (Å²) in [6.07, 6.45) is 7.23. The Morgan fingerprint density at radius 3 is 3.00 bits per heavy atom. The molecule has 1 fully saturated rings. The topological polar surface area (TPSA) is 46.9 Å². The molecule has 0 bridgehead atoms. The Labute approximate surface area is 102 Å². The molecule has 1 saturated carbocycles. The number of nitrogens with one attached hydrogen (secondary N) is 1. The van der Waals surface area contributed by atoms with Gasteiger partial charge in [-0.2, -0.15) is 0 Å². The molecule has 1 heterocycles. The molecular formula is C13H21N3O. The summed E-state index contributed by atoms with van der Waals surface area (Å²) in [5.41, 5.74) is 0.897. The summed E-state index contributed by atoms with van der Waals surface area (Å²) < 4.78 is 1.74. The molecule has 1 N–H and O–H groups in total. The maximum absolute atomic E-state index is 11.6. The summed E-state index contributed by atoms with van der Waals surface area (Å²) >= 11 is 0. The third-order valence-electron chi connectivity index (χ3n) is 3.22. The van der Waals surface area contributed by atoms with E-state index in [0.29, 0.717) is 6.04 Å². The third-order valence-corrected chi connectivity index (χ3v) is 3.22. The average molecular weight is 235 g/mol. The van der Waals surface area contributed by atoms with Crippen molar-refractivity contribution in [2.45, 2.75) is 45.7 Å². The van der Waals surface area contributed by atoms with Crippen molar-refractivity contribution in [3.63, 3.8) is 0 Å². The Kier molecular flexibility index (Phi) is 3.94. The number of hydrogen-bond acceptors (Lipinski definition) is 3. The summed E-state index contributed by atoms with van der Waals surface area (Å²) in [6, 6.07) is 0.427. The van der Waals surface area contributed by atoms with Gasteiger partial charge in [0.15, 0.2) is 0 Å². The summed E-state index contributed by atoms with van der Waals surface area (Å²) in [4.78, 5) is 15.5. The van der Waals surface area contributed by atoms with Gasteiger partial charge in [0.1, 0.15) is 0 Å². The van der Waals surface area contributed by atoms with E-state index in [1.54, 1.807) is 10.8 Å². The normalized spacial score (nSPS) is 17.1. The monoisotopic (exact) mass is 235 g/mol. The highest BCUT2D eigenvalue weighted by Crippen LogP contribution is 2.33. The molecule has 94 valence electrons. The van der Waals surface area contributed by atoms with Crippen molar-refractivity contribution in [1.82, 2.24) is 14.9 Å². The van der Waals surface area contributed by atoms with E-state index in [2.05, 4.69) is 17.2 Å². The zero-order chi connectivity index (χ0) is 12.3. The standard InChI is InChI=1S/C13H21N3O/c1-3-6-14-12(11-4-5-11)9-16-8-10(2)7-15-13(16)17/h7-8,11-12,14H,3-6,9H2,1-2H3. The number of aromatic nitrogens is 2. The summed E-state index contributed by atoms with van der Waals surface area (Å²) in [7, 11) is 0. The molecule has 1 aromatic heterocycles. The fourth-order valence-electron chi connectivity index (χ4n) is 2.12. The molecule has 1 aliphatic carbocycles. The molecule has 17 heavy (non-hydrogen) atoms. The Balaban J connectivity index is 2.05. The van der Waals surface area contributed by atoms with Crippen LogP contribution in [0.3, 0.4) is 0 Å². The highest BCUT2D eigenvalue weighted by Gasteiger charge is 2.31. The second-order valence-corrected chi connectivity index (χ2v) is 4.96. The quantitative estimate of drug-likeness (QED) is 0.809. The van der Waals surface area contributed by atoms with Crippen molar-refractivity contribution in [3.8, 4) is 0 Å². The van der Waals surface area contributed by atoms with Gasteiger partial charge in [-0.3, -0.25) is 4.57 Å². The first-order valence-electron chi connectivity index (χ1n) is 6.47. The smallest absolute Gasteiger partial charge is 0.312 e. The van der Waals surface area contributed by atoms with Crippen LogP contribution in [-0.4, -0.2) is 22.1 Å². The molecule has 0 aromatic carbocycles. The lowest BCUT2D eigenvalue weighted by atomic mass is 10.1. The van der Waals surface area contributed by atoms with Crippen molar-refractivity contribution >= 4 is 0 Å². The second-order valence-electron chi connectivity index (χ2n) is 4.96. The summed E-state index contributed by atoms with van der Waals surface area (Å²) in [5.74, 6) is 0.744. The van der Waals surface area contributed by atoms with Gasteiger partial charge in [-0.25, -0.2) is 9.78 Å². The van der Waals surface area contributed by atoms with E-state index in [4.69, 9.17) is 0 Å². The Bertz CT molecular complexity index is 423. The molecule has 0 aliphatic heterocycles. The third kappa shape index (κ3) is 3.40. The van der Waals surface area contributed by atoms with Gasteiger partial charge in [-0.1, -0.05) is 6.92 Å². The predicted molar refractivity (Wildman–Crippen MR) is 68.0 cm³/mol. The van der Waals surface area contributed by atoms with Gasteiger partial charge >= 0.3 is 5.69 Å². The maximum atomic E-state index is 11.6. The first kappa shape index (κ1) is 12.3. The van der Waals surface area contributed by atoms with Crippen molar-refractivity contribution in [2.24, 2.45) is 5.92 Å². The van der Waals surface area contributed by atoms with Gasteiger partial charge in [0.05, 0.1) is 0 Å². The molecule has 2 rings (SSSR count). The van der Waals surface area contributed by atoms with E-state index in [1.165, 1.54) is 12.8 Å². The fourth-order valence-corrected chi connectivity index (χ4v) is 2.12. The van der Waals surface area contributed by atoms with Gasteiger partial charge in [-0.05, 0) is 44.2 Å². The van der Waals surface area contributed by atoms with Crippen molar-refractivity contribution in [3.05, 3.63) is 28.4 Å². The lowest BCUT2D eigenvalue weighted by Crippen LogP contribution is -2.39. The van der Waals surface area contributed by atoms with Crippen molar-refractivity contribution in [2.75, 3.05) is 6.54 Å². The van der Waals surface area contributed by atoms with Crippen molar-refractivity contribution < 1.29 is 0 Å².